The molecule has 2 saturated heterocycles. The van der Waals surface area contributed by atoms with Crippen molar-refractivity contribution in [2.45, 2.75) is 32.4 Å². The summed E-state index contributed by atoms with van der Waals surface area (Å²) < 4.78 is 5.22. The van der Waals surface area contributed by atoms with Crippen LogP contribution in [-0.2, 0) is 11.3 Å². The Balaban J connectivity index is 1.76. The van der Waals surface area contributed by atoms with Crippen LogP contribution in [0.3, 0.4) is 0 Å². The van der Waals surface area contributed by atoms with E-state index in [9.17, 15) is 9.59 Å². The molecule has 0 bridgehead atoms. The van der Waals surface area contributed by atoms with Crippen LogP contribution in [-0.4, -0.2) is 57.6 Å². The number of nitrogens with one attached hydrogen (secondary N) is 1. The molecule has 1 aromatic heterocycles. The third kappa shape index (κ3) is 2.53. The molecule has 2 fully saturated rings. The molecule has 3 rings (SSSR count). The van der Waals surface area contributed by atoms with Crippen LogP contribution in [0.25, 0.3) is 0 Å². The van der Waals surface area contributed by atoms with E-state index < -0.39 is 0 Å². The van der Waals surface area contributed by atoms with Gasteiger partial charge in [0.05, 0.1) is 11.2 Å². The van der Waals surface area contributed by atoms with Gasteiger partial charge in [-0.05, 0) is 13.3 Å². The number of aromatic nitrogens is 2. The summed E-state index contributed by atoms with van der Waals surface area (Å²) in [7, 11) is 0. The standard InChI is InChI=1S/C14H20N4O3/c1-3-14-8-17(4-5-18(14)13(20)21-9-14)7-11-6-12(19)16-10(2)15-11/h6H,3-5,7-9H2,1-2H3,(H,15,16,19). The Morgan fingerprint density at radius 2 is 2.24 bits per heavy atom. The third-order valence-corrected chi connectivity index (χ3v) is 4.37. The van der Waals surface area contributed by atoms with Gasteiger partial charge in [-0.25, -0.2) is 9.78 Å². The molecule has 7 nitrogen and oxygen atoms in total. The molecular weight excluding hydrogens is 272 g/mol. The number of piperazine rings is 1. The van der Waals surface area contributed by atoms with E-state index in [1.165, 1.54) is 6.07 Å². The van der Waals surface area contributed by atoms with Crippen molar-refractivity contribution in [1.82, 2.24) is 19.8 Å². The van der Waals surface area contributed by atoms with E-state index in [0.717, 1.165) is 25.2 Å². The van der Waals surface area contributed by atoms with Crippen LogP contribution in [0.15, 0.2) is 10.9 Å². The van der Waals surface area contributed by atoms with E-state index in [2.05, 4.69) is 21.8 Å². The molecule has 0 aromatic carbocycles. The molecule has 0 radical (unpaired) electrons. The zero-order valence-electron chi connectivity index (χ0n) is 12.4. The van der Waals surface area contributed by atoms with Crippen LogP contribution < -0.4 is 5.56 Å². The van der Waals surface area contributed by atoms with Gasteiger partial charge >= 0.3 is 6.09 Å². The number of fused-ring (bicyclic) bond motifs is 1. The number of hydrogen-bond donors (Lipinski definition) is 1. The van der Waals surface area contributed by atoms with Crippen LogP contribution in [0.1, 0.15) is 24.9 Å². The third-order valence-electron chi connectivity index (χ3n) is 4.37. The first-order valence-corrected chi connectivity index (χ1v) is 7.26. The fraction of sp³-hybridized carbons (Fsp3) is 0.643. The summed E-state index contributed by atoms with van der Waals surface area (Å²) in [5.41, 5.74) is 0.410. The molecule has 21 heavy (non-hydrogen) atoms. The predicted molar refractivity (Wildman–Crippen MR) is 75.9 cm³/mol. The lowest BCUT2D eigenvalue weighted by Crippen LogP contribution is -2.60. The molecule has 1 amide bonds. The molecule has 0 saturated carbocycles. The fourth-order valence-electron chi connectivity index (χ4n) is 3.23. The van der Waals surface area contributed by atoms with Gasteiger partial charge in [0.15, 0.2) is 0 Å². The van der Waals surface area contributed by atoms with Crippen molar-refractivity contribution in [3.8, 4) is 0 Å². The van der Waals surface area contributed by atoms with Crippen LogP contribution in [0.2, 0.25) is 0 Å². The van der Waals surface area contributed by atoms with Crippen molar-refractivity contribution >= 4 is 6.09 Å². The summed E-state index contributed by atoms with van der Waals surface area (Å²) in [5.74, 6) is 0.626. The summed E-state index contributed by atoms with van der Waals surface area (Å²) in [4.78, 5) is 34.4. The van der Waals surface area contributed by atoms with Gasteiger partial charge < -0.3 is 9.72 Å². The van der Waals surface area contributed by atoms with Gasteiger partial charge in [-0.3, -0.25) is 14.6 Å². The van der Waals surface area contributed by atoms with E-state index in [1.807, 2.05) is 4.90 Å². The molecule has 2 aliphatic rings. The number of ether oxygens (including phenoxy) is 1. The topological polar surface area (TPSA) is 78.5 Å². The number of hydrogen-bond acceptors (Lipinski definition) is 5. The normalized spacial score (nSPS) is 25.8. The maximum absolute atomic E-state index is 11.8. The van der Waals surface area contributed by atoms with E-state index in [-0.39, 0.29) is 17.2 Å². The van der Waals surface area contributed by atoms with E-state index >= 15 is 0 Å². The SMILES string of the molecule is CCC12COC(=O)N1CCN(Cc1cc(=O)[nH]c(C)n1)C2. The molecule has 0 spiro atoms. The highest BCUT2D eigenvalue weighted by molar-refractivity contribution is 5.71. The van der Waals surface area contributed by atoms with Crippen molar-refractivity contribution in [3.05, 3.63) is 27.9 Å². The number of amides is 1. The molecule has 1 aromatic rings. The van der Waals surface area contributed by atoms with Gasteiger partial charge in [0, 0.05) is 32.2 Å². The smallest absolute Gasteiger partial charge is 0.410 e. The maximum atomic E-state index is 11.8. The highest BCUT2D eigenvalue weighted by atomic mass is 16.6. The first kappa shape index (κ1) is 14.1. The molecule has 3 heterocycles. The quantitative estimate of drug-likeness (QED) is 0.877. The predicted octanol–water partition coefficient (Wildman–Crippen LogP) is 0.495. The number of carbonyl (C=O) groups is 1. The zero-order chi connectivity index (χ0) is 15.0. The monoisotopic (exact) mass is 292 g/mol. The molecule has 0 aliphatic carbocycles. The molecule has 1 atom stereocenters. The average molecular weight is 292 g/mol. The van der Waals surface area contributed by atoms with Crippen LogP contribution in [0.5, 0.6) is 0 Å². The second kappa shape index (κ2) is 5.14. The first-order chi connectivity index (χ1) is 10.0. The summed E-state index contributed by atoms with van der Waals surface area (Å²) in [6, 6.07) is 1.54. The Labute approximate surface area is 122 Å². The minimum absolute atomic E-state index is 0.124. The maximum Gasteiger partial charge on any atom is 0.410 e. The Hall–Kier alpha value is -1.89. The minimum Gasteiger partial charge on any atom is -0.447 e. The number of aromatic amines is 1. The summed E-state index contributed by atoms with van der Waals surface area (Å²) >= 11 is 0. The second-order valence-electron chi connectivity index (χ2n) is 5.82. The van der Waals surface area contributed by atoms with Gasteiger partial charge in [0.1, 0.15) is 12.4 Å². The van der Waals surface area contributed by atoms with Gasteiger partial charge in [-0.15, -0.1) is 0 Å². The van der Waals surface area contributed by atoms with Gasteiger partial charge in [-0.1, -0.05) is 6.92 Å². The van der Waals surface area contributed by atoms with Crippen molar-refractivity contribution in [1.29, 1.82) is 0 Å². The van der Waals surface area contributed by atoms with E-state index in [4.69, 9.17) is 4.74 Å². The van der Waals surface area contributed by atoms with E-state index in [0.29, 0.717) is 25.5 Å². The number of nitrogens with zero attached hydrogens (tertiary/aromatic N) is 3. The molecule has 1 unspecified atom stereocenters. The van der Waals surface area contributed by atoms with Gasteiger partial charge in [0.2, 0.25) is 0 Å². The van der Waals surface area contributed by atoms with Crippen LogP contribution in [0, 0.1) is 6.92 Å². The Morgan fingerprint density at radius 3 is 2.95 bits per heavy atom. The Bertz CT molecular complexity index is 614. The Morgan fingerprint density at radius 1 is 1.43 bits per heavy atom. The molecule has 7 heteroatoms. The van der Waals surface area contributed by atoms with Crippen LogP contribution >= 0.6 is 0 Å². The van der Waals surface area contributed by atoms with E-state index in [1.54, 1.807) is 6.92 Å². The lowest BCUT2D eigenvalue weighted by molar-refractivity contribution is 0.0443. The lowest BCUT2D eigenvalue weighted by Gasteiger charge is -2.44. The number of carbonyl (C=O) groups excluding carboxylic acids is 1. The van der Waals surface area contributed by atoms with Crippen molar-refractivity contribution in [2.75, 3.05) is 26.2 Å². The number of aryl methyl sites for hydroxylation is 1. The summed E-state index contributed by atoms with van der Waals surface area (Å²) in [6.45, 7) is 7.10. The fourth-order valence-corrected chi connectivity index (χ4v) is 3.23. The highest BCUT2D eigenvalue weighted by Gasteiger charge is 2.49. The van der Waals surface area contributed by atoms with Gasteiger partial charge in [0.25, 0.3) is 5.56 Å². The molecule has 1 N–H and O–H groups in total. The zero-order valence-corrected chi connectivity index (χ0v) is 12.4. The number of H-pyrrole nitrogens is 1. The Kier molecular flexibility index (Phi) is 3.44. The molecule has 2 aliphatic heterocycles. The highest BCUT2D eigenvalue weighted by Crippen LogP contribution is 2.31. The second-order valence-corrected chi connectivity index (χ2v) is 5.82. The van der Waals surface area contributed by atoms with Crippen LogP contribution in [0.4, 0.5) is 4.79 Å². The number of rotatable bonds is 3. The van der Waals surface area contributed by atoms with Crippen molar-refractivity contribution in [3.63, 3.8) is 0 Å². The molecule has 114 valence electrons. The van der Waals surface area contributed by atoms with Crippen molar-refractivity contribution in [2.24, 2.45) is 0 Å². The van der Waals surface area contributed by atoms with Crippen molar-refractivity contribution < 1.29 is 9.53 Å². The average Bonchev–Trinajstić information content (AvgIpc) is 2.75. The largest absolute Gasteiger partial charge is 0.447 e. The minimum atomic E-state index is -0.231. The van der Waals surface area contributed by atoms with Gasteiger partial charge in [-0.2, -0.15) is 0 Å². The lowest BCUT2D eigenvalue weighted by atomic mass is 9.93. The summed E-state index contributed by atoms with van der Waals surface area (Å²) in [6.07, 6.45) is 0.651. The summed E-state index contributed by atoms with van der Waals surface area (Å²) in [5, 5.41) is 0. The number of cyclic esters (lactones) is 1. The first-order valence-electron chi connectivity index (χ1n) is 7.26. The molecular formula is C14H20N4O3.